The van der Waals surface area contributed by atoms with Gasteiger partial charge in [0.25, 0.3) is 0 Å². The SMILES string of the molecule is C[C@@H]1CC[C@H]2[C@@H](C)[C@@](C)(OCCCCO)O[C@@H]3O[C@]4(C)CCC1[C@]32OO4. The van der Waals surface area contributed by atoms with Gasteiger partial charge in [-0.05, 0) is 57.8 Å². The summed E-state index contributed by atoms with van der Waals surface area (Å²) < 4.78 is 19.1. The minimum absolute atomic E-state index is 0.164. The fraction of sp³-hybridized carbons (Fsp3) is 1.00. The van der Waals surface area contributed by atoms with Crippen molar-refractivity contribution in [3.63, 3.8) is 0 Å². The first-order valence-electron chi connectivity index (χ1n) is 10.3. The Bertz CT molecular complexity index is 528. The second-order valence-corrected chi connectivity index (χ2v) is 9.11. The van der Waals surface area contributed by atoms with Gasteiger partial charge >= 0.3 is 0 Å². The van der Waals surface area contributed by atoms with Crippen molar-refractivity contribution >= 4 is 0 Å². The van der Waals surface area contributed by atoms with Crippen molar-refractivity contribution in [1.29, 1.82) is 0 Å². The van der Waals surface area contributed by atoms with E-state index in [1.54, 1.807) is 0 Å². The second-order valence-electron chi connectivity index (χ2n) is 9.11. The highest BCUT2D eigenvalue weighted by Crippen LogP contribution is 2.62. The first-order chi connectivity index (χ1) is 12.3. The number of ether oxygens (including phenoxy) is 3. The Morgan fingerprint density at radius 1 is 1.00 bits per heavy atom. The quantitative estimate of drug-likeness (QED) is 0.591. The molecule has 6 nitrogen and oxygen atoms in total. The van der Waals surface area contributed by atoms with Crippen LogP contribution in [0.2, 0.25) is 0 Å². The smallest absolute Gasteiger partial charge is 0.201 e. The van der Waals surface area contributed by atoms with Crippen LogP contribution in [0.15, 0.2) is 0 Å². The van der Waals surface area contributed by atoms with Gasteiger partial charge in [0, 0.05) is 24.9 Å². The van der Waals surface area contributed by atoms with Gasteiger partial charge in [-0.2, -0.15) is 0 Å². The predicted octanol–water partition coefficient (Wildman–Crippen LogP) is 3.37. The summed E-state index contributed by atoms with van der Waals surface area (Å²) in [6.45, 7) is 9.26. The van der Waals surface area contributed by atoms with E-state index in [2.05, 4.69) is 13.8 Å². The van der Waals surface area contributed by atoms with Crippen LogP contribution in [0.5, 0.6) is 0 Å². The highest BCUT2D eigenvalue weighted by Gasteiger charge is 2.71. The molecule has 5 fully saturated rings. The summed E-state index contributed by atoms with van der Waals surface area (Å²) in [5.41, 5.74) is -0.541. The first-order valence-corrected chi connectivity index (χ1v) is 10.3. The van der Waals surface area contributed by atoms with Gasteiger partial charge in [0.2, 0.25) is 5.79 Å². The Labute approximate surface area is 156 Å². The van der Waals surface area contributed by atoms with Gasteiger partial charge in [0.1, 0.15) is 0 Å². The summed E-state index contributed by atoms with van der Waals surface area (Å²) >= 11 is 0. The fourth-order valence-corrected chi connectivity index (χ4v) is 5.72. The Morgan fingerprint density at radius 3 is 2.58 bits per heavy atom. The Hall–Kier alpha value is -0.240. The van der Waals surface area contributed by atoms with Crippen molar-refractivity contribution in [1.82, 2.24) is 0 Å². The highest BCUT2D eigenvalue weighted by molar-refractivity contribution is 5.10. The minimum Gasteiger partial charge on any atom is -0.396 e. The zero-order valence-electron chi connectivity index (χ0n) is 16.5. The molecule has 1 unspecified atom stereocenters. The van der Waals surface area contributed by atoms with Gasteiger partial charge in [-0.1, -0.05) is 13.8 Å². The van der Waals surface area contributed by atoms with Gasteiger partial charge in [0.15, 0.2) is 17.7 Å². The lowest BCUT2D eigenvalue weighted by atomic mass is 9.57. The summed E-state index contributed by atoms with van der Waals surface area (Å²) in [5, 5.41) is 9.01. The van der Waals surface area contributed by atoms with Crippen LogP contribution in [0.25, 0.3) is 0 Å². The van der Waals surface area contributed by atoms with Crippen molar-refractivity contribution in [2.24, 2.45) is 23.7 Å². The van der Waals surface area contributed by atoms with Crippen LogP contribution in [0, 0.1) is 23.7 Å². The maximum Gasteiger partial charge on any atom is 0.201 e. The molecule has 0 radical (unpaired) electrons. The molecule has 1 spiro atoms. The molecule has 4 heterocycles. The molecule has 1 aliphatic carbocycles. The third-order valence-electron chi connectivity index (χ3n) is 7.49. The third-order valence-corrected chi connectivity index (χ3v) is 7.49. The van der Waals surface area contributed by atoms with Crippen LogP contribution in [-0.2, 0) is 24.0 Å². The molecule has 1 N–H and O–H groups in total. The van der Waals surface area contributed by atoms with Gasteiger partial charge in [0.05, 0.1) is 6.61 Å². The average molecular weight is 370 g/mol. The summed E-state index contributed by atoms with van der Waals surface area (Å²) in [7, 11) is 0. The summed E-state index contributed by atoms with van der Waals surface area (Å²) in [4.78, 5) is 12.0. The highest BCUT2D eigenvalue weighted by atomic mass is 17.3. The lowest BCUT2D eigenvalue weighted by Gasteiger charge is -2.62. The number of aliphatic hydroxyl groups excluding tert-OH is 1. The monoisotopic (exact) mass is 370 g/mol. The molecule has 4 aliphatic heterocycles. The van der Waals surface area contributed by atoms with E-state index in [4.69, 9.17) is 29.1 Å². The zero-order valence-corrected chi connectivity index (χ0v) is 16.5. The molecule has 4 saturated heterocycles. The molecular formula is C20H34O6. The van der Waals surface area contributed by atoms with Crippen LogP contribution in [-0.4, -0.2) is 41.8 Å². The molecule has 6 heteroatoms. The van der Waals surface area contributed by atoms with Crippen LogP contribution in [0.1, 0.15) is 66.2 Å². The number of hydrogen-bond acceptors (Lipinski definition) is 6. The molecule has 1 saturated carbocycles. The summed E-state index contributed by atoms with van der Waals surface area (Å²) in [6.07, 6.45) is 5.20. The molecule has 5 aliphatic rings. The van der Waals surface area contributed by atoms with Gasteiger partial charge in [-0.3, -0.25) is 0 Å². The lowest BCUT2D eigenvalue weighted by Crippen LogP contribution is -2.72. The molecule has 26 heavy (non-hydrogen) atoms. The van der Waals surface area contributed by atoms with Crippen LogP contribution in [0.4, 0.5) is 0 Å². The van der Waals surface area contributed by atoms with Crippen molar-refractivity contribution < 1.29 is 29.1 Å². The fourth-order valence-electron chi connectivity index (χ4n) is 5.72. The molecule has 0 aromatic rings. The standard InChI is InChI=1S/C20H34O6/c1-13-7-8-16-14(2)19(4,22-12-6-5-11-21)24-17-20(16)15(13)9-10-18(3,23-17)25-26-20/h13-17,21H,5-12H2,1-4H3/t13-,14-,15?,16+,17+,18+,19+,20-/m1/s1. The van der Waals surface area contributed by atoms with Crippen molar-refractivity contribution in [2.45, 2.75) is 89.7 Å². The van der Waals surface area contributed by atoms with E-state index in [0.29, 0.717) is 18.4 Å². The summed E-state index contributed by atoms with van der Waals surface area (Å²) in [6, 6.07) is 0. The number of rotatable bonds is 5. The maximum atomic E-state index is 9.01. The van der Waals surface area contributed by atoms with Crippen LogP contribution < -0.4 is 0 Å². The van der Waals surface area contributed by atoms with Crippen molar-refractivity contribution in [3.05, 3.63) is 0 Å². The van der Waals surface area contributed by atoms with E-state index >= 15 is 0 Å². The molecular weight excluding hydrogens is 336 g/mol. The van der Waals surface area contributed by atoms with E-state index in [-0.39, 0.29) is 18.4 Å². The van der Waals surface area contributed by atoms with Gasteiger partial charge < -0.3 is 19.3 Å². The Balaban J connectivity index is 1.64. The number of hydrogen-bond donors (Lipinski definition) is 1. The average Bonchev–Trinajstić information content (AvgIpc) is 2.83. The minimum atomic E-state index is -0.754. The molecule has 150 valence electrons. The molecule has 2 bridgehead atoms. The molecule has 0 aromatic carbocycles. The van der Waals surface area contributed by atoms with E-state index < -0.39 is 23.5 Å². The van der Waals surface area contributed by atoms with Crippen molar-refractivity contribution in [3.8, 4) is 0 Å². The van der Waals surface area contributed by atoms with Crippen LogP contribution in [0.3, 0.4) is 0 Å². The molecule has 5 rings (SSSR count). The topological polar surface area (TPSA) is 66.4 Å². The number of fused-ring (bicyclic) bond motifs is 2. The van der Waals surface area contributed by atoms with E-state index in [0.717, 1.165) is 32.1 Å². The molecule has 8 atom stereocenters. The number of aliphatic hydroxyl groups is 1. The molecule has 0 amide bonds. The van der Waals surface area contributed by atoms with E-state index in [9.17, 15) is 0 Å². The van der Waals surface area contributed by atoms with Gasteiger partial charge in [-0.15, -0.1) is 0 Å². The van der Waals surface area contributed by atoms with E-state index in [1.165, 1.54) is 6.42 Å². The second kappa shape index (κ2) is 6.68. The Kier molecular flexibility index (Phi) is 4.90. The number of unbranched alkanes of at least 4 members (excludes halogenated alkanes) is 1. The largest absolute Gasteiger partial charge is 0.396 e. The van der Waals surface area contributed by atoms with Crippen molar-refractivity contribution in [2.75, 3.05) is 13.2 Å². The third kappa shape index (κ3) is 2.76. The predicted molar refractivity (Wildman–Crippen MR) is 93.7 cm³/mol. The zero-order chi connectivity index (χ0) is 18.6. The Morgan fingerprint density at radius 2 is 1.81 bits per heavy atom. The van der Waals surface area contributed by atoms with E-state index in [1.807, 2.05) is 13.8 Å². The maximum absolute atomic E-state index is 9.01. The van der Waals surface area contributed by atoms with Crippen LogP contribution >= 0.6 is 0 Å². The van der Waals surface area contributed by atoms with Gasteiger partial charge in [-0.25, -0.2) is 9.78 Å². The lowest BCUT2D eigenvalue weighted by molar-refractivity contribution is -0.585. The molecule has 0 aromatic heterocycles. The summed E-state index contributed by atoms with van der Waals surface area (Å²) in [5.74, 6) is -0.101. The normalized spacial score (nSPS) is 53.2. The first kappa shape index (κ1) is 19.1.